The second kappa shape index (κ2) is 5.64. The number of ether oxygens (including phenoxy) is 2. The number of hydrogen-bond donors (Lipinski definition) is 0. The predicted octanol–water partition coefficient (Wildman–Crippen LogP) is 4.41. The number of carbonyl (C=O) groups is 1. The van der Waals surface area contributed by atoms with Gasteiger partial charge >= 0.3 is 5.97 Å². The third-order valence-electron chi connectivity index (χ3n) is 4.26. The maximum Gasteiger partial charge on any atom is 0.356 e. The molecule has 1 unspecified atom stereocenters. The molecule has 0 saturated heterocycles. The zero-order valence-electron chi connectivity index (χ0n) is 13.6. The van der Waals surface area contributed by atoms with Gasteiger partial charge in [-0.05, 0) is 24.6 Å². The van der Waals surface area contributed by atoms with E-state index in [0.29, 0.717) is 18.0 Å². The Hall–Kier alpha value is -2.88. The van der Waals surface area contributed by atoms with Crippen molar-refractivity contribution >= 4 is 38.9 Å². The van der Waals surface area contributed by atoms with E-state index in [0.717, 1.165) is 27.3 Å². The van der Waals surface area contributed by atoms with Crippen LogP contribution < -0.4 is 4.74 Å². The summed E-state index contributed by atoms with van der Waals surface area (Å²) in [6, 6.07) is 16.1. The van der Waals surface area contributed by atoms with Crippen LogP contribution in [0.1, 0.15) is 13.8 Å². The van der Waals surface area contributed by atoms with Crippen molar-refractivity contribution in [3.63, 3.8) is 0 Å². The fraction of sp³-hybridized carbons (Fsp3) is 0.200. The van der Waals surface area contributed by atoms with Gasteiger partial charge in [0, 0.05) is 10.8 Å². The van der Waals surface area contributed by atoms with Gasteiger partial charge in [0.15, 0.2) is 11.5 Å². The first-order valence-corrected chi connectivity index (χ1v) is 8.06. The molecule has 1 atom stereocenters. The highest BCUT2D eigenvalue weighted by molar-refractivity contribution is 6.39. The van der Waals surface area contributed by atoms with Crippen molar-refractivity contribution in [2.24, 2.45) is 4.99 Å². The highest BCUT2D eigenvalue weighted by atomic mass is 16.5. The van der Waals surface area contributed by atoms with Crippen molar-refractivity contribution in [2.45, 2.75) is 20.0 Å². The Balaban J connectivity index is 2.07. The number of fused-ring (bicyclic) bond motifs is 6. The zero-order valence-corrected chi connectivity index (χ0v) is 13.6. The molecule has 1 aliphatic heterocycles. The van der Waals surface area contributed by atoms with Crippen molar-refractivity contribution in [1.29, 1.82) is 0 Å². The number of aliphatic imine (C=N–C) groups is 1. The molecule has 0 spiro atoms. The summed E-state index contributed by atoms with van der Waals surface area (Å²) in [5.74, 6) is 0.303. The molecule has 0 amide bonds. The standard InChI is InChI=1S/C20H17NO3/c1-3-23-20(22)17-12(2)24-19-16-11-7-5-9-14(16)13-8-4-6-10-15(13)18(19)21-17/h4-12H,3H2,1-2H3. The minimum Gasteiger partial charge on any atom is -0.481 e. The van der Waals surface area contributed by atoms with Gasteiger partial charge in [0.2, 0.25) is 0 Å². The van der Waals surface area contributed by atoms with E-state index in [9.17, 15) is 4.79 Å². The second-order valence-corrected chi connectivity index (χ2v) is 5.75. The van der Waals surface area contributed by atoms with Crippen molar-refractivity contribution in [1.82, 2.24) is 0 Å². The summed E-state index contributed by atoms with van der Waals surface area (Å²) in [6.45, 7) is 3.92. The van der Waals surface area contributed by atoms with E-state index < -0.39 is 12.1 Å². The molecule has 3 aromatic rings. The molecule has 24 heavy (non-hydrogen) atoms. The van der Waals surface area contributed by atoms with Crippen LogP contribution in [0.2, 0.25) is 0 Å². The molecule has 0 N–H and O–H groups in total. The van der Waals surface area contributed by atoms with Gasteiger partial charge < -0.3 is 9.47 Å². The van der Waals surface area contributed by atoms with Crippen molar-refractivity contribution in [2.75, 3.05) is 6.61 Å². The number of carbonyl (C=O) groups excluding carboxylic acids is 1. The molecule has 4 rings (SSSR count). The molecule has 0 radical (unpaired) electrons. The minimum absolute atomic E-state index is 0.310. The Kier molecular flexibility index (Phi) is 3.45. The van der Waals surface area contributed by atoms with Gasteiger partial charge in [0.1, 0.15) is 11.8 Å². The average molecular weight is 319 g/mol. The fourth-order valence-corrected chi connectivity index (χ4v) is 3.18. The van der Waals surface area contributed by atoms with Crippen molar-refractivity contribution in [3.8, 4) is 5.75 Å². The first kappa shape index (κ1) is 14.7. The summed E-state index contributed by atoms with van der Waals surface area (Å²) in [6.07, 6.45) is -0.443. The molecule has 3 aromatic carbocycles. The number of nitrogens with zero attached hydrogens (tertiary/aromatic N) is 1. The van der Waals surface area contributed by atoms with Gasteiger partial charge in [0.25, 0.3) is 0 Å². The molecule has 4 heteroatoms. The lowest BCUT2D eigenvalue weighted by Crippen LogP contribution is -2.34. The van der Waals surface area contributed by atoms with Crippen LogP contribution in [-0.4, -0.2) is 24.4 Å². The van der Waals surface area contributed by atoms with Crippen LogP contribution in [0.5, 0.6) is 5.75 Å². The lowest BCUT2D eigenvalue weighted by atomic mass is 9.98. The molecule has 0 aliphatic carbocycles. The molecule has 1 aliphatic rings. The Bertz CT molecular complexity index is 991. The van der Waals surface area contributed by atoms with E-state index in [1.54, 1.807) is 6.92 Å². The van der Waals surface area contributed by atoms with E-state index in [1.807, 2.05) is 43.3 Å². The van der Waals surface area contributed by atoms with Crippen LogP contribution in [0.15, 0.2) is 53.5 Å². The normalized spacial score (nSPS) is 16.4. The van der Waals surface area contributed by atoms with E-state index in [-0.39, 0.29) is 0 Å². The monoisotopic (exact) mass is 319 g/mol. The third kappa shape index (κ3) is 2.14. The number of esters is 1. The first-order chi connectivity index (χ1) is 11.7. The van der Waals surface area contributed by atoms with Crippen LogP contribution in [0, 0.1) is 0 Å². The van der Waals surface area contributed by atoms with Gasteiger partial charge in [-0.2, -0.15) is 0 Å². The average Bonchev–Trinajstić information content (AvgIpc) is 2.61. The lowest BCUT2D eigenvalue weighted by Gasteiger charge is -2.25. The van der Waals surface area contributed by atoms with Crippen LogP contribution >= 0.6 is 0 Å². The molecular formula is C20H17NO3. The van der Waals surface area contributed by atoms with Gasteiger partial charge in [-0.1, -0.05) is 48.5 Å². The largest absolute Gasteiger partial charge is 0.481 e. The number of benzene rings is 3. The number of rotatable bonds is 2. The predicted molar refractivity (Wildman–Crippen MR) is 95.3 cm³/mol. The summed E-state index contributed by atoms with van der Waals surface area (Å²) in [4.78, 5) is 16.8. The van der Waals surface area contributed by atoms with Crippen LogP contribution in [0.3, 0.4) is 0 Å². The molecule has 0 saturated carbocycles. The third-order valence-corrected chi connectivity index (χ3v) is 4.26. The molecular weight excluding hydrogens is 302 g/mol. The maximum absolute atomic E-state index is 12.2. The van der Waals surface area contributed by atoms with E-state index in [1.165, 1.54) is 0 Å². The van der Waals surface area contributed by atoms with E-state index in [4.69, 9.17) is 9.47 Å². The molecule has 1 heterocycles. The van der Waals surface area contributed by atoms with Gasteiger partial charge in [-0.25, -0.2) is 9.79 Å². The minimum atomic E-state index is -0.443. The van der Waals surface area contributed by atoms with Crippen molar-refractivity contribution < 1.29 is 14.3 Å². The smallest absolute Gasteiger partial charge is 0.356 e. The van der Waals surface area contributed by atoms with Gasteiger partial charge in [0.05, 0.1) is 6.61 Å². The molecule has 0 fully saturated rings. The number of hydrogen-bond acceptors (Lipinski definition) is 4. The fourth-order valence-electron chi connectivity index (χ4n) is 3.18. The van der Waals surface area contributed by atoms with Crippen molar-refractivity contribution in [3.05, 3.63) is 48.5 Å². The van der Waals surface area contributed by atoms with E-state index in [2.05, 4.69) is 17.1 Å². The Morgan fingerprint density at radius 3 is 2.29 bits per heavy atom. The first-order valence-electron chi connectivity index (χ1n) is 8.06. The van der Waals surface area contributed by atoms with Crippen LogP contribution in [0.25, 0.3) is 21.5 Å². The summed E-state index contributed by atoms with van der Waals surface area (Å²) in [5, 5.41) is 4.19. The van der Waals surface area contributed by atoms with Gasteiger partial charge in [-0.15, -0.1) is 0 Å². The Morgan fingerprint density at radius 1 is 1.04 bits per heavy atom. The molecule has 0 bridgehead atoms. The topological polar surface area (TPSA) is 47.9 Å². The van der Waals surface area contributed by atoms with Gasteiger partial charge in [-0.3, -0.25) is 0 Å². The summed E-state index contributed by atoms with van der Waals surface area (Å²) in [5.41, 5.74) is 1.01. The summed E-state index contributed by atoms with van der Waals surface area (Å²) >= 11 is 0. The quantitative estimate of drug-likeness (QED) is 0.519. The van der Waals surface area contributed by atoms with Crippen LogP contribution in [-0.2, 0) is 9.53 Å². The summed E-state index contributed by atoms with van der Waals surface area (Å²) < 4.78 is 11.2. The zero-order chi connectivity index (χ0) is 16.7. The highest BCUT2D eigenvalue weighted by Crippen LogP contribution is 2.45. The van der Waals surface area contributed by atoms with Crippen LogP contribution in [0.4, 0.5) is 5.69 Å². The molecule has 120 valence electrons. The Labute approximate surface area is 139 Å². The summed E-state index contributed by atoms with van der Waals surface area (Å²) in [7, 11) is 0. The maximum atomic E-state index is 12.2. The lowest BCUT2D eigenvalue weighted by molar-refractivity contribution is -0.135. The SMILES string of the molecule is CCOC(=O)C1=Nc2c(c3ccccc3c3ccccc23)OC1C. The van der Waals surface area contributed by atoms with E-state index >= 15 is 0 Å². The second-order valence-electron chi connectivity index (χ2n) is 5.75. The molecule has 0 aromatic heterocycles. The Morgan fingerprint density at radius 2 is 1.62 bits per heavy atom. The highest BCUT2D eigenvalue weighted by Gasteiger charge is 2.29. The molecule has 4 nitrogen and oxygen atoms in total.